The molecule has 5 N–H and O–H groups in total. The minimum atomic E-state index is -0.529. The summed E-state index contributed by atoms with van der Waals surface area (Å²) in [5, 5.41) is 16.6. The number of nitrogens with zero attached hydrogens (tertiary/aromatic N) is 1. The highest BCUT2D eigenvalue weighted by Crippen LogP contribution is 2.11. The molecule has 0 saturated carbocycles. The van der Waals surface area contributed by atoms with Crippen LogP contribution in [0.3, 0.4) is 0 Å². The maximum atomic E-state index is 13.5. The number of halogens is 1. The van der Waals surface area contributed by atoms with E-state index in [1.54, 1.807) is 6.07 Å². The van der Waals surface area contributed by atoms with E-state index in [0.717, 1.165) is 6.07 Å². The van der Waals surface area contributed by atoms with Crippen molar-refractivity contribution in [2.24, 2.45) is 10.9 Å². The van der Waals surface area contributed by atoms with Gasteiger partial charge in [-0.15, -0.1) is 0 Å². The van der Waals surface area contributed by atoms with Gasteiger partial charge in [0.15, 0.2) is 5.84 Å². The Hall–Kier alpha value is -2.48. The van der Waals surface area contributed by atoms with Crippen LogP contribution in [0.4, 0.5) is 4.39 Å². The highest BCUT2D eigenvalue weighted by molar-refractivity contribution is 6.00. The van der Waals surface area contributed by atoms with Crippen LogP contribution < -0.4 is 16.4 Å². The largest absolute Gasteiger partial charge is 0.409 e. The zero-order chi connectivity index (χ0) is 15.4. The summed E-state index contributed by atoms with van der Waals surface area (Å²) in [6, 6.07) is 3.48. The van der Waals surface area contributed by atoms with Crippen molar-refractivity contribution >= 4 is 17.6 Å². The second kappa shape index (κ2) is 6.31. The molecule has 0 aromatic heterocycles. The molecule has 1 unspecified atom stereocenters. The molecule has 2 amide bonds. The van der Waals surface area contributed by atoms with Gasteiger partial charge in [0, 0.05) is 18.5 Å². The Morgan fingerprint density at radius 3 is 2.90 bits per heavy atom. The maximum absolute atomic E-state index is 13.5. The molecule has 0 radical (unpaired) electrons. The van der Waals surface area contributed by atoms with Crippen LogP contribution in [0, 0.1) is 5.82 Å². The molecule has 112 valence electrons. The van der Waals surface area contributed by atoms with Crippen molar-refractivity contribution in [3.63, 3.8) is 0 Å². The van der Waals surface area contributed by atoms with E-state index in [-0.39, 0.29) is 36.2 Å². The Bertz CT molecular complexity index is 603. The Morgan fingerprint density at radius 1 is 1.48 bits per heavy atom. The lowest BCUT2D eigenvalue weighted by atomic mass is 10.0. The molecule has 1 aliphatic heterocycles. The van der Waals surface area contributed by atoms with Crippen molar-refractivity contribution in [2.75, 3.05) is 0 Å². The summed E-state index contributed by atoms with van der Waals surface area (Å²) in [5.41, 5.74) is 6.21. The Kier molecular flexibility index (Phi) is 4.49. The summed E-state index contributed by atoms with van der Waals surface area (Å²) in [7, 11) is 0. The van der Waals surface area contributed by atoms with Crippen LogP contribution in [0.15, 0.2) is 23.4 Å². The van der Waals surface area contributed by atoms with E-state index in [1.807, 2.05) is 0 Å². The number of nitrogens with one attached hydrogen (secondary N) is 2. The zero-order valence-corrected chi connectivity index (χ0v) is 11.1. The van der Waals surface area contributed by atoms with E-state index < -0.39 is 11.9 Å². The van der Waals surface area contributed by atoms with Crippen molar-refractivity contribution in [3.8, 4) is 0 Å². The summed E-state index contributed by atoms with van der Waals surface area (Å²) in [6.45, 7) is 0.218. The first kappa shape index (κ1) is 14.9. The minimum absolute atomic E-state index is 0.197. The van der Waals surface area contributed by atoms with E-state index in [2.05, 4.69) is 15.8 Å². The fourth-order valence-corrected chi connectivity index (χ4v) is 2.09. The second-order valence-electron chi connectivity index (χ2n) is 4.72. The lowest BCUT2D eigenvalue weighted by Crippen LogP contribution is -2.50. The molecule has 1 aromatic rings. The number of nitrogens with two attached hydrogens (primary N) is 1. The number of oxime groups is 1. The fourth-order valence-electron chi connectivity index (χ4n) is 2.09. The Balaban J connectivity index is 2.05. The monoisotopic (exact) mass is 294 g/mol. The van der Waals surface area contributed by atoms with Gasteiger partial charge in [-0.2, -0.15) is 0 Å². The first-order valence-electron chi connectivity index (χ1n) is 6.34. The molecule has 1 fully saturated rings. The van der Waals surface area contributed by atoms with E-state index >= 15 is 0 Å². The van der Waals surface area contributed by atoms with Crippen molar-refractivity contribution < 1.29 is 19.2 Å². The molecule has 2 rings (SSSR count). The minimum Gasteiger partial charge on any atom is -0.409 e. The highest BCUT2D eigenvalue weighted by atomic mass is 19.1. The van der Waals surface area contributed by atoms with Crippen LogP contribution >= 0.6 is 0 Å². The number of amidine groups is 1. The molecule has 1 heterocycles. The van der Waals surface area contributed by atoms with Crippen LogP contribution in [-0.4, -0.2) is 28.9 Å². The topological polar surface area (TPSA) is 117 Å². The summed E-state index contributed by atoms with van der Waals surface area (Å²) >= 11 is 0. The summed E-state index contributed by atoms with van der Waals surface area (Å²) < 4.78 is 13.5. The van der Waals surface area contributed by atoms with Crippen LogP contribution in [0.5, 0.6) is 0 Å². The lowest BCUT2D eigenvalue weighted by Gasteiger charge is -2.22. The molecule has 0 aliphatic carbocycles. The van der Waals surface area contributed by atoms with E-state index in [4.69, 9.17) is 10.9 Å². The van der Waals surface area contributed by atoms with Crippen molar-refractivity contribution in [2.45, 2.75) is 25.4 Å². The molecule has 1 atom stereocenters. The smallest absolute Gasteiger partial charge is 0.243 e. The Labute approximate surface area is 120 Å². The van der Waals surface area contributed by atoms with Gasteiger partial charge >= 0.3 is 0 Å². The van der Waals surface area contributed by atoms with Gasteiger partial charge in [0.2, 0.25) is 11.8 Å². The standard InChI is InChI=1S/C13H15FN4O3/c14-9-4-7(3-8(5-9)12(15)18-21)6-16-10-1-2-11(19)17-13(10)20/h3-5,10,16,21H,1-2,6H2,(H2,15,18)(H,17,19,20). The molecule has 8 heteroatoms. The van der Waals surface area contributed by atoms with Gasteiger partial charge in [-0.3, -0.25) is 14.9 Å². The molecule has 0 spiro atoms. The predicted molar refractivity (Wildman–Crippen MR) is 71.9 cm³/mol. The second-order valence-corrected chi connectivity index (χ2v) is 4.72. The van der Waals surface area contributed by atoms with Crippen molar-refractivity contribution in [3.05, 3.63) is 35.1 Å². The fraction of sp³-hybridized carbons (Fsp3) is 0.308. The molecular weight excluding hydrogens is 279 g/mol. The summed E-state index contributed by atoms with van der Waals surface area (Å²) in [6.07, 6.45) is 0.662. The third kappa shape index (κ3) is 3.76. The molecule has 1 aliphatic rings. The quantitative estimate of drug-likeness (QED) is 0.202. The van der Waals surface area contributed by atoms with Gasteiger partial charge in [0.1, 0.15) is 5.82 Å². The summed E-state index contributed by atoms with van der Waals surface area (Å²) in [4.78, 5) is 22.6. The van der Waals surface area contributed by atoms with Gasteiger partial charge in [-0.05, 0) is 30.2 Å². The third-order valence-electron chi connectivity index (χ3n) is 3.15. The number of imide groups is 1. The first-order valence-corrected chi connectivity index (χ1v) is 6.34. The molecule has 21 heavy (non-hydrogen) atoms. The predicted octanol–water partition coefficient (Wildman–Crippen LogP) is -0.185. The normalized spacial score (nSPS) is 19.5. The SMILES string of the molecule is N/C(=N/O)c1cc(F)cc(CNC2CCC(=O)NC2=O)c1. The highest BCUT2D eigenvalue weighted by Gasteiger charge is 2.25. The molecule has 1 aromatic carbocycles. The Morgan fingerprint density at radius 2 is 2.24 bits per heavy atom. The van der Waals surface area contributed by atoms with Crippen LogP contribution in [0.2, 0.25) is 0 Å². The average molecular weight is 294 g/mol. The van der Waals surface area contributed by atoms with Crippen LogP contribution in [0.1, 0.15) is 24.0 Å². The molecular formula is C13H15FN4O3. The molecule has 0 bridgehead atoms. The number of carbonyl (C=O) groups is 2. The third-order valence-corrected chi connectivity index (χ3v) is 3.15. The zero-order valence-electron chi connectivity index (χ0n) is 11.1. The van der Waals surface area contributed by atoms with E-state index in [0.29, 0.717) is 12.0 Å². The average Bonchev–Trinajstić information content (AvgIpc) is 2.45. The van der Waals surface area contributed by atoms with Gasteiger partial charge in [-0.25, -0.2) is 4.39 Å². The van der Waals surface area contributed by atoms with Gasteiger partial charge in [-0.1, -0.05) is 5.16 Å². The van der Waals surface area contributed by atoms with E-state index in [9.17, 15) is 14.0 Å². The number of piperidine rings is 1. The van der Waals surface area contributed by atoms with E-state index in [1.165, 1.54) is 6.07 Å². The van der Waals surface area contributed by atoms with Crippen molar-refractivity contribution in [1.29, 1.82) is 0 Å². The number of amides is 2. The number of hydrogen-bond acceptors (Lipinski definition) is 5. The van der Waals surface area contributed by atoms with Gasteiger partial charge < -0.3 is 16.3 Å². The lowest BCUT2D eigenvalue weighted by molar-refractivity contribution is -0.134. The van der Waals surface area contributed by atoms with Crippen LogP contribution in [-0.2, 0) is 16.1 Å². The number of rotatable bonds is 4. The number of carbonyl (C=O) groups excluding carboxylic acids is 2. The maximum Gasteiger partial charge on any atom is 0.243 e. The van der Waals surface area contributed by atoms with Crippen molar-refractivity contribution in [1.82, 2.24) is 10.6 Å². The first-order chi connectivity index (χ1) is 9.99. The van der Waals surface area contributed by atoms with Crippen LogP contribution in [0.25, 0.3) is 0 Å². The van der Waals surface area contributed by atoms with Gasteiger partial charge in [0.05, 0.1) is 6.04 Å². The molecule has 7 nitrogen and oxygen atoms in total. The number of benzene rings is 1. The van der Waals surface area contributed by atoms with Gasteiger partial charge in [0.25, 0.3) is 0 Å². The summed E-state index contributed by atoms with van der Waals surface area (Å²) in [5.74, 6) is -1.41. The molecule has 1 saturated heterocycles. The number of hydrogen-bond donors (Lipinski definition) is 4.